The molecule has 2 aliphatic rings. The Kier molecular flexibility index (Phi) is 15.6. The number of alkyl halides is 9. The van der Waals surface area contributed by atoms with Crippen molar-refractivity contribution in [2.24, 2.45) is 11.3 Å². The van der Waals surface area contributed by atoms with Gasteiger partial charge in [-0.05, 0) is 44.0 Å². The van der Waals surface area contributed by atoms with Crippen molar-refractivity contribution in [3.8, 4) is 0 Å². The maximum atomic E-state index is 13.1. The summed E-state index contributed by atoms with van der Waals surface area (Å²) in [6, 6.07) is 5.89. The van der Waals surface area contributed by atoms with Crippen LogP contribution in [0.25, 0.3) is 0 Å². The minimum atomic E-state index is -5.08. The summed E-state index contributed by atoms with van der Waals surface area (Å²) >= 11 is 0. The Labute approximate surface area is 271 Å². The highest BCUT2D eigenvalue weighted by atomic mass is 19.4. The first kappa shape index (κ1) is 42.3. The number of aromatic nitrogens is 3. The van der Waals surface area contributed by atoms with Gasteiger partial charge in [0.1, 0.15) is 0 Å². The minimum absolute atomic E-state index is 0.0679. The molecule has 0 amide bonds. The second kappa shape index (κ2) is 18.1. The Morgan fingerprint density at radius 2 is 1.37 bits per heavy atom. The van der Waals surface area contributed by atoms with Crippen molar-refractivity contribution in [1.29, 1.82) is 0 Å². The Hall–Kier alpha value is -4.76. The van der Waals surface area contributed by atoms with Crippen molar-refractivity contribution >= 4 is 29.8 Å². The molecule has 0 bridgehead atoms. The number of halogens is 9. The van der Waals surface area contributed by atoms with Crippen LogP contribution in [0.4, 0.5) is 45.5 Å². The van der Waals surface area contributed by atoms with Gasteiger partial charge < -0.3 is 25.0 Å². The molecule has 2 aromatic heterocycles. The average Bonchev–Trinajstić information content (AvgIpc) is 3.28. The van der Waals surface area contributed by atoms with Crippen LogP contribution in [0, 0.1) is 11.3 Å². The molecular formula is C27H30F9N5O8. The molecule has 0 radical (unpaired) electrons. The number of hydrogen-bond acceptors (Lipinski definition) is 10. The van der Waals surface area contributed by atoms with Crippen molar-refractivity contribution in [3.63, 3.8) is 0 Å². The van der Waals surface area contributed by atoms with Crippen LogP contribution in [-0.4, -0.2) is 110 Å². The van der Waals surface area contributed by atoms with Crippen LogP contribution in [0.3, 0.4) is 0 Å². The fourth-order valence-corrected chi connectivity index (χ4v) is 4.62. The Bertz CT molecular complexity index is 1310. The monoisotopic (exact) mass is 723 g/mol. The van der Waals surface area contributed by atoms with Gasteiger partial charge in [-0.1, -0.05) is 6.07 Å². The zero-order valence-corrected chi connectivity index (χ0v) is 25.3. The van der Waals surface area contributed by atoms with E-state index in [1.54, 1.807) is 18.6 Å². The molecule has 0 spiro atoms. The molecule has 3 N–H and O–H groups in total. The third-order valence-corrected chi connectivity index (χ3v) is 6.64. The quantitative estimate of drug-likeness (QED) is 0.297. The topological polar surface area (TPSA) is 183 Å². The predicted octanol–water partition coefficient (Wildman–Crippen LogP) is 4.05. The van der Waals surface area contributed by atoms with Crippen molar-refractivity contribution in [2.75, 3.05) is 37.7 Å². The van der Waals surface area contributed by atoms with Gasteiger partial charge in [0.15, 0.2) is 0 Å². The first-order chi connectivity index (χ1) is 22.5. The van der Waals surface area contributed by atoms with E-state index in [2.05, 4.69) is 30.8 Å². The number of rotatable bonds is 5. The average molecular weight is 724 g/mol. The van der Waals surface area contributed by atoms with Crippen LogP contribution < -0.4 is 4.90 Å². The number of anilines is 1. The van der Waals surface area contributed by atoms with Gasteiger partial charge in [-0.2, -0.15) is 39.5 Å². The molecule has 13 nitrogen and oxygen atoms in total. The van der Waals surface area contributed by atoms with E-state index in [0.29, 0.717) is 19.1 Å². The van der Waals surface area contributed by atoms with E-state index in [9.17, 15) is 44.3 Å². The second-order valence-corrected chi connectivity index (χ2v) is 10.1. The molecular weight excluding hydrogens is 693 g/mol. The highest BCUT2D eigenvalue weighted by Crippen LogP contribution is 2.44. The Balaban J connectivity index is 0.000000467. The number of ether oxygens (including phenoxy) is 1. The molecule has 22 heteroatoms. The SMILES string of the molecule is CCOC(=O)[C@]12CCCN(Cc3cccnc3)C[C@H]1CN(c1ncccn1)C2.O=C(O)C(F)(F)F.O=C(O)C(F)(F)F.O=C(O)C(F)(F)F. The molecule has 0 aromatic carbocycles. The highest BCUT2D eigenvalue weighted by Gasteiger charge is 2.54. The summed E-state index contributed by atoms with van der Waals surface area (Å²) in [4.78, 5) is 57.4. The van der Waals surface area contributed by atoms with Gasteiger partial charge in [0, 0.05) is 56.9 Å². The van der Waals surface area contributed by atoms with Crippen LogP contribution in [-0.2, 0) is 30.5 Å². The maximum Gasteiger partial charge on any atom is 0.490 e. The molecule has 2 aromatic rings. The van der Waals surface area contributed by atoms with E-state index in [1.807, 2.05) is 25.3 Å². The molecule has 2 fully saturated rings. The van der Waals surface area contributed by atoms with Crippen LogP contribution in [0.1, 0.15) is 25.3 Å². The molecule has 2 aliphatic heterocycles. The van der Waals surface area contributed by atoms with Crippen LogP contribution in [0.5, 0.6) is 0 Å². The summed E-state index contributed by atoms with van der Waals surface area (Å²) in [7, 11) is 0. The third-order valence-electron chi connectivity index (χ3n) is 6.64. The molecule has 2 atom stereocenters. The number of hydrogen-bond donors (Lipinski definition) is 3. The molecule has 2 saturated heterocycles. The second-order valence-electron chi connectivity index (χ2n) is 10.1. The van der Waals surface area contributed by atoms with Gasteiger partial charge in [0.2, 0.25) is 5.95 Å². The molecule has 4 rings (SSSR count). The summed E-state index contributed by atoms with van der Waals surface area (Å²) in [5.74, 6) is -7.46. The molecule has 0 unspecified atom stereocenters. The van der Waals surface area contributed by atoms with E-state index < -0.39 is 41.9 Å². The third kappa shape index (κ3) is 14.1. The lowest BCUT2D eigenvalue weighted by Gasteiger charge is -2.31. The fraction of sp³-hybridized carbons (Fsp3) is 0.519. The fourth-order valence-electron chi connectivity index (χ4n) is 4.62. The summed E-state index contributed by atoms with van der Waals surface area (Å²) in [5.41, 5.74) is 0.714. The standard InChI is InChI=1S/C21H27N5O2.3C2HF3O2/c1-2-28-19(27)21-7-4-11-25(13-17-6-3-8-22-12-17)14-18(21)15-26(16-21)20-23-9-5-10-24-20;3*3-2(4,5)1(6)7/h3,5-6,8-10,12,18H,2,4,7,11,13-16H2,1H3;3*(H,6,7)/t18-,21-;;;/m0.../s1. The van der Waals surface area contributed by atoms with Gasteiger partial charge in [-0.15, -0.1) is 0 Å². The lowest BCUT2D eigenvalue weighted by Crippen LogP contribution is -2.42. The number of fused-ring (bicyclic) bond motifs is 1. The molecule has 4 heterocycles. The van der Waals surface area contributed by atoms with Crippen molar-refractivity contribution in [3.05, 3.63) is 48.5 Å². The van der Waals surface area contributed by atoms with E-state index in [4.69, 9.17) is 34.4 Å². The first-order valence-electron chi connectivity index (χ1n) is 13.7. The smallest absolute Gasteiger partial charge is 0.475 e. The number of likely N-dealkylation sites (tertiary alicyclic amines) is 1. The summed E-state index contributed by atoms with van der Waals surface area (Å²) in [6.07, 6.45) is -6.22. The van der Waals surface area contributed by atoms with Crippen molar-refractivity contribution in [1.82, 2.24) is 19.9 Å². The summed E-state index contributed by atoms with van der Waals surface area (Å²) in [6.45, 7) is 6.38. The number of aliphatic carboxylic acids is 3. The number of carboxylic acids is 3. The van der Waals surface area contributed by atoms with Gasteiger partial charge in [-0.25, -0.2) is 24.4 Å². The minimum Gasteiger partial charge on any atom is -0.475 e. The lowest BCUT2D eigenvalue weighted by molar-refractivity contribution is -0.193. The van der Waals surface area contributed by atoms with Crippen molar-refractivity contribution < 1.29 is 78.7 Å². The van der Waals surface area contributed by atoms with Crippen molar-refractivity contribution in [2.45, 2.75) is 44.8 Å². The van der Waals surface area contributed by atoms with E-state index in [0.717, 1.165) is 39.0 Å². The number of pyridine rings is 1. The summed E-state index contributed by atoms with van der Waals surface area (Å²) < 4.78 is 101. The molecule has 49 heavy (non-hydrogen) atoms. The molecule has 0 saturated carbocycles. The van der Waals surface area contributed by atoms with Crippen LogP contribution in [0.2, 0.25) is 0 Å². The van der Waals surface area contributed by atoms with Gasteiger partial charge in [-0.3, -0.25) is 14.7 Å². The Morgan fingerprint density at radius 3 is 1.80 bits per heavy atom. The Morgan fingerprint density at radius 1 is 0.857 bits per heavy atom. The van der Waals surface area contributed by atoms with Gasteiger partial charge in [0.05, 0.1) is 12.0 Å². The molecule has 274 valence electrons. The lowest BCUT2D eigenvalue weighted by atomic mass is 9.75. The molecule has 0 aliphatic carbocycles. The summed E-state index contributed by atoms with van der Waals surface area (Å²) in [5, 5.41) is 21.4. The maximum absolute atomic E-state index is 13.1. The number of carbonyl (C=O) groups excluding carboxylic acids is 1. The zero-order chi connectivity index (χ0) is 37.6. The normalized spacial score (nSPS) is 19.2. The highest BCUT2D eigenvalue weighted by molar-refractivity contribution is 5.79. The number of carboxylic acid groups (broad SMARTS) is 3. The van der Waals surface area contributed by atoms with E-state index >= 15 is 0 Å². The van der Waals surface area contributed by atoms with E-state index in [1.165, 1.54) is 5.56 Å². The first-order valence-corrected chi connectivity index (χ1v) is 13.7. The van der Waals surface area contributed by atoms with Crippen LogP contribution in [0.15, 0.2) is 43.0 Å². The van der Waals surface area contributed by atoms with E-state index in [-0.39, 0.29) is 11.9 Å². The number of esters is 1. The van der Waals surface area contributed by atoms with Crippen LogP contribution >= 0.6 is 0 Å². The largest absolute Gasteiger partial charge is 0.490 e. The van der Waals surface area contributed by atoms with Gasteiger partial charge >= 0.3 is 42.4 Å². The number of nitrogens with zero attached hydrogens (tertiary/aromatic N) is 5. The predicted molar refractivity (Wildman–Crippen MR) is 147 cm³/mol. The number of carbonyl (C=O) groups is 4. The zero-order valence-electron chi connectivity index (χ0n) is 25.3. The van der Waals surface area contributed by atoms with Gasteiger partial charge in [0.25, 0.3) is 0 Å².